The molecule has 0 fully saturated rings. The van der Waals surface area contributed by atoms with E-state index >= 15 is 0 Å². The van der Waals surface area contributed by atoms with Crippen LogP contribution in [0.5, 0.6) is 0 Å². The van der Waals surface area contributed by atoms with E-state index in [9.17, 15) is 0 Å². The molecule has 0 atom stereocenters. The zero-order valence-electron chi connectivity index (χ0n) is 13.4. The van der Waals surface area contributed by atoms with Crippen molar-refractivity contribution in [3.63, 3.8) is 0 Å². The molecule has 24 heavy (non-hydrogen) atoms. The number of hydrazone groups is 1. The Morgan fingerprint density at radius 3 is 2.75 bits per heavy atom. The molecule has 2 aromatic carbocycles. The molecule has 122 valence electrons. The molecule has 0 spiro atoms. The minimum atomic E-state index is 0.426. The molecule has 0 aliphatic carbocycles. The van der Waals surface area contributed by atoms with Crippen LogP contribution in [0, 0.1) is 0 Å². The molecule has 3 aromatic rings. The SMILES string of the molecule is CN(C)c1ccc(/C=N/NC(=S)Nc2ccc3cn[nH]c3c2)cc1. The quantitative estimate of drug-likeness (QED) is 0.388. The largest absolute Gasteiger partial charge is 0.378 e. The van der Waals surface area contributed by atoms with Crippen LogP contribution in [0.25, 0.3) is 10.9 Å². The minimum absolute atomic E-state index is 0.426. The number of nitrogens with one attached hydrogen (secondary N) is 3. The van der Waals surface area contributed by atoms with E-state index < -0.39 is 0 Å². The van der Waals surface area contributed by atoms with Gasteiger partial charge in [0.05, 0.1) is 17.9 Å². The van der Waals surface area contributed by atoms with Gasteiger partial charge >= 0.3 is 0 Å². The highest BCUT2D eigenvalue weighted by atomic mass is 32.1. The van der Waals surface area contributed by atoms with Gasteiger partial charge in [-0.3, -0.25) is 10.5 Å². The number of benzene rings is 2. The highest BCUT2D eigenvalue weighted by Gasteiger charge is 2.00. The average molecular weight is 338 g/mol. The zero-order chi connectivity index (χ0) is 16.9. The maximum atomic E-state index is 5.24. The molecule has 0 bridgehead atoms. The van der Waals surface area contributed by atoms with Gasteiger partial charge in [0.2, 0.25) is 0 Å². The molecule has 0 aliphatic heterocycles. The maximum Gasteiger partial charge on any atom is 0.191 e. The Morgan fingerprint density at radius 1 is 1.21 bits per heavy atom. The summed E-state index contributed by atoms with van der Waals surface area (Å²) in [6.45, 7) is 0. The monoisotopic (exact) mass is 338 g/mol. The van der Waals surface area contributed by atoms with Crippen LogP contribution >= 0.6 is 12.2 Å². The first kappa shape index (κ1) is 15.9. The van der Waals surface area contributed by atoms with E-state index in [1.165, 1.54) is 0 Å². The highest BCUT2D eigenvalue weighted by Crippen LogP contribution is 2.16. The number of fused-ring (bicyclic) bond motifs is 1. The number of hydrogen-bond donors (Lipinski definition) is 3. The van der Waals surface area contributed by atoms with Crippen LogP contribution < -0.4 is 15.6 Å². The highest BCUT2D eigenvalue weighted by molar-refractivity contribution is 7.80. The lowest BCUT2D eigenvalue weighted by atomic mass is 10.2. The van der Waals surface area contributed by atoms with Crippen LogP contribution in [0.2, 0.25) is 0 Å². The molecule has 0 radical (unpaired) electrons. The van der Waals surface area contributed by atoms with Crippen LogP contribution in [-0.4, -0.2) is 35.6 Å². The molecule has 0 saturated carbocycles. The van der Waals surface area contributed by atoms with Crippen molar-refractivity contribution in [2.45, 2.75) is 0 Å². The first-order chi connectivity index (χ1) is 11.6. The second kappa shape index (κ2) is 7.10. The number of anilines is 2. The Kier molecular flexibility index (Phi) is 4.72. The Morgan fingerprint density at radius 2 is 2.00 bits per heavy atom. The van der Waals surface area contributed by atoms with Crippen molar-refractivity contribution in [1.29, 1.82) is 0 Å². The van der Waals surface area contributed by atoms with Crippen LogP contribution in [0.15, 0.2) is 53.8 Å². The first-order valence-electron chi connectivity index (χ1n) is 7.42. The Balaban J connectivity index is 1.56. The molecule has 0 saturated heterocycles. The van der Waals surface area contributed by atoms with E-state index in [0.717, 1.165) is 27.8 Å². The number of rotatable bonds is 4. The van der Waals surface area contributed by atoms with Gasteiger partial charge in [0.15, 0.2) is 5.11 Å². The molecule has 0 aliphatic rings. The first-order valence-corrected chi connectivity index (χ1v) is 7.83. The summed E-state index contributed by atoms with van der Waals surface area (Å²) in [5.74, 6) is 0. The third-order valence-corrected chi connectivity index (χ3v) is 3.68. The van der Waals surface area contributed by atoms with Crippen molar-refractivity contribution in [3.8, 4) is 0 Å². The van der Waals surface area contributed by atoms with Crippen molar-refractivity contribution in [1.82, 2.24) is 15.6 Å². The predicted octanol–water partition coefficient (Wildman–Crippen LogP) is 2.95. The third kappa shape index (κ3) is 3.88. The molecule has 1 aromatic heterocycles. The molecule has 3 rings (SSSR count). The van der Waals surface area contributed by atoms with Crippen molar-refractivity contribution in [3.05, 3.63) is 54.2 Å². The third-order valence-electron chi connectivity index (χ3n) is 3.49. The fraction of sp³-hybridized carbons (Fsp3) is 0.118. The summed E-state index contributed by atoms with van der Waals surface area (Å²) >= 11 is 5.24. The van der Waals surface area contributed by atoms with E-state index in [0.29, 0.717) is 5.11 Å². The summed E-state index contributed by atoms with van der Waals surface area (Å²) in [7, 11) is 4.02. The molecular weight excluding hydrogens is 320 g/mol. The molecule has 1 heterocycles. The summed E-state index contributed by atoms with van der Waals surface area (Å²) in [4.78, 5) is 2.05. The van der Waals surface area contributed by atoms with Crippen molar-refractivity contribution in [2.24, 2.45) is 5.10 Å². The van der Waals surface area contributed by atoms with E-state index in [2.05, 4.69) is 30.9 Å². The fourth-order valence-electron chi connectivity index (χ4n) is 2.20. The molecular formula is C17H18N6S. The second-order valence-electron chi connectivity index (χ2n) is 5.48. The fourth-order valence-corrected chi connectivity index (χ4v) is 2.37. The lowest BCUT2D eigenvalue weighted by Crippen LogP contribution is -2.23. The second-order valence-corrected chi connectivity index (χ2v) is 5.89. The van der Waals surface area contributed by atoms with Crippen LogP contribution in [0.3, 0.4) is 0 Å². The van der Waals surface area contributed by atoms with Crippen LogP contribution in [-0.2, 0) is 0 Å². The Hall–Kier alpha value is -2.93. The van der Waals surface area contributed by atoms with Crippen molar-refractivity contribution >= 4 is 45.8 Å². The van der Waals surface area contributed by atoms with Gasteiger partial charge in [-0.25, -0.2) is 0 Å². The van der Waals surface area contributed by atoms with Crippen molar-refractivity contribution < 1.29 is 0 Å². The number of thiocarbonyl (C=S) groups is 1. The standard InChI is InChI=1S/C17H18N6S/c1-23(2)15-7-3-12(4-8-15)10-18-22-17(24)20-14-6-5-13-11-19-21-16(13)9-14/h3-11H,1-2H3,(H,19,21)(H2,20,22,24)/b18-10+. The van der Waals surface area contributed by atoms with Gasteiger partial charge in [-0.05, 0) is 48.1 Å². The van der Waals surface area contributed by atoms with E-state index in [1.54, 1.807) is 12.4 Å². The van der Waals surface area contributed by atoms with Gasteiger partial charge in [0, 0.05) is 30.9 Å². The maximum absolute atomic E-state index is 5.24. The van der Waals surface area contributed by atoms with Gasteiger partial charge in [-0.2, -0.15) is 10.2 Å². The molecule has 3 N–H and O–H groups in total. The smallest absolute Gasteiger partial charge is 0.191 e. The Labute approximate surface area is 145 Å². The molecule has 0 amide bonds. The lowest BCUT2D eigenvalue weighted by Gasteiger charge is -2.11. The molecule has 6 nitrogen and oxygen atoms in total. The summed E-state index contributed by atoms with van der Waals surface area (Å²) in [5.41, 5.74) is 6.77. The van der Waals surface area contributed by atoms with Gasteiger partial charge in [-0.15, -0.1) is 0 Å². The number of nitrogens with zero attached hydrogens (tertiary/aromatic N) is 3. The van der Waals surface area contributed by atoms with E-state index in [4.69, 9.17) is 12.2 Å². The van der Waals surface area contributed by atoms with Gasteiger partial charge in [0.1, 0.15) is 0 Å². The molecule has 0 unspecified atom stereocenters. The minimum Gasteiger partial charge on any atom is -0.378 e. The number of H-pyrrole nitrogens is 1. The summed E-state index contributed by atoms with van der Waals surface area (Å²) in [6, 6.07) is 13.9. The number of aromatic nitrogens is 2. The normalized spacial score (nSPS) is 10.9. The average Bonchev–Trinajstić information content (AvgIpc) is 3.03. The molecule has 7 heteroatoms. The van der Waals surface area contributed by atoms with Gasteiger partial charge in [-0.1, -0.05) is 12.1 Å². The van der Waals surface area contributed by atoms with E-state index in [1.807, 2.05) is 56.6 Å². The summed E-state index contributed by atoms with van der Waals surface area (Å²) < 4.78 is 0. The van der Waals surface area contributed by atoms with Gasteiger partial charge < -0.3 is 10.2 Å². The topological polar surface area (TPSA) is 68.3 Å². The summed E-state index contributed by atoms with van der Waals surface area (Å²) in [5, 5.41) is 15.6. The van der Waals surface area contributed by atoms with Gasteiger partial charge in [0.25, 0.3) is 0 Å². The van der Waals surface area contributed by atoms with Crippen molar-refractivity contribution in [2.75, 3.05) is 24.3 Å². The zero-order valence-corrected chi connectivity index (χ0v) is 14.3. The van der Waals surface area contributed by atoms with Crippen LogP contribution in [0.1, 0.15) is 5.56 Å². The van der Waals surface area contributed by atoms with E-state index in [-0.39, 0.29) is 0 Å². The number of hydrogen-bond acceptors (Lipinski definition) is 4. The lowest BCUT2D eigenvalue weighted by molar-refractivity contribution is 1.05. The number of aromatic amines is 1. The predicted molar refractivity (Wildman–Crippen MR) is 104 cm³/mol. The van der Waals surface area contributed by atoms with Crippen LogP contribution in [0.4, 0.5) is 11.4 Å². The Bertz CT molecular complexity index is 866. The summed E-state index contributed by atoms with van der Waals surface area (Å²) in [6.07, 6.45) is 3.51.